The number of aliphatic imine (C=N–C) groups is 1. The molecule has 0 fully saturated rings. The summed E-state index contributed by atoms with van der Waals surface area (Å²) in [5, 5.41) is 6.71. The molecular weight excluding hydrogens is 364 g/mol. The van der Waals surface area contributed by atoms with Gasteiger partial charge >= 0.3 is 0 Å². The lowest BCUT2D eigenvalue weighted by atomic mass is 10.1. The van der Waals surface area contributed by atoms with Gasteiger partial charge in [-0.2, -0.15) is 0 Å². The monoisotopic (exact) mass is 398 g/mol. The molecule has 0 unspecified atom stereocenters. The van der Waals surface area contributed by atoms with E-state index in [1.54, 1.807) is 7.05 Å². The second-order valence-corrected chi connectivity index (χ2v) is 7.12. The Kier molecular flexibility index (Phi) is 9.31. The Labute approximate surface area is 174 Å². The molecule has 2 aromatic carbocycles. The van der Waals surface area contributed by atoms with Gasteiger partial charge in [-0.15, -0.1) is 0 Å². The number of hydrogen-bond acceptors (Lipinski definition) is 4. The van der Waals surface area contributed by atoms with Crippen molar-refractivity contribution in [1.82, 2.24) is 15.5 Å². The maximum absolute atomic E-state index is 5.81. The van der Waals surface area contributed by atoms with Crippen molar-refractivity contribution < 1.29 is 9.47 Å². The summed E-state index contributed by atoms with van der Waals surface area (Å²) in [4.78, 5) is 6.42. The van der Waals surface area contributed by atoms with Crippen LogP contribution in [-0.4, -0.2) is 51.8 Å². The van der Waals surface area contributed by atoms with E-state index < -0.39 is 0 Å². The van der Waals surface area contributed by atoms with E-state index in [1.165, 1.54) is 5.56 Å². The molecule has 0 aliphatic rings. The quantitative estimate of drug-likeness (QED) is 0.475. The number of benzene rings is 2. The van der Waals surface area contributed by atoms with Crippen LogP contribution in [0.5, 0.6) is 11.5 Å². The van der Waals surface area contributed by atoms with Gasteiger partial charge in [-0.3, -0.25) is 4.99 Å². The summed E-state index contributed by atoms with van der Waals surface area (Å²) in [7, 11) is 5.85. The molecule has 0 amide bonds. The molecule has 6 heteroatoms. The van der Waals surface area contributed by atoms with Crippen molar-refractivity contribution in [3.63, 3.8) is 0 Å². The molecule has 2 rings (SSSR count). The van der Waals surface area contributed by atoms with Gasteiger partial charge in [0.1, 0.15) is 18.1 Å². The van der Waals surface area contributed by atoms with Crippen LogP contribution in [-0.2, 0) is 13.1 Å². The second-order valence-electron chi connectivity index (χ2n) is 7.12. The van der Waals surface area contributed by atoms with Crippen molar-refractivity contribution in [2.45, 2.75) is 26.9 Å². The fraction of sp³-hybridized carbons (Fsp3) is 0.435. The van der Waals surface area contributed by atoms with Crippen LogP contribution in [0.3, 0.4) is 0 Å². The van der Waals surface area contributed by atoms with E-state index in [0.717, 1.165) is 35.1 Å². The Hall–Kier alpha value is -2.73. The summed E-state index contributed by atoms with van der Waals surface area (Å²) in [6.07, 6.45) is 0. The van der Waals surface area contributed by atoms with Crippen molar-refractivity contribution in [1.29, 1.82) is 0 Å². The van der Waals surface area contributed by atoms with Crippen LogP contribution in [0.4, 0.5) is 0 Å². The lowest BCUT2D eigenvalue weighted by Crippen LogP contribution is -2.36. The van der Waals surface area contributed by atoms with E-state index in [0.29, 0.717) is 26.3 Å². The number of ether oxygens (including phenoxy) is 2. The van der Waals surface area contributed by atoms with Gasteiger partial charge in [0.05, 0.1) is 6.61 Å². The highest BCUT2D eigenvalue weighted by Crippen LogP contribution is 2.20. The number of aryl methyl sites for hydroxylation is 1. The third-order valence-corrected chi connectivity index (χ3v) is 4.36. The highest BCUT2D eigenvalue weighted by atomic mass is 16.5. The van der Waals surface area contributed by atoms with Gasteiger partial charge in [-0.05, 0) is 57.3 Å². The Balaban J connectivity index is 1.88. The number of hydrogen-bond donors (Lipinski definition) is 2. The number of likely N-dealkylation sites (N-methyl/N-ethyl adjacent to an activating group) is 1. The van der Waals surface area contributed by atoms with Crippen LogP contribution in [0.15, 0.2) is 47.5 Å². The Bertz CT molecular complexity index is 790. The molecule has 158 valence electrons. The maximum Gasteiger partial charge on any atom is 0.191 e. The zero-order valence-corrected chi connectivity index (χ0v) is 18.3. The summed E-state index contributed by atoms with van der Waals surface area (Å²) >= 11 is 0. The number of rotatable bonds is 10. The molecule has 0 heterocycles. The standard InChI is InChI=1S/C23H34N4O2/c1-6-28-22-14-18(2)10-11-20(22)17-26-23(24-3)25-16-19-8-7-9-21(15-19)29-13-12-27(4)5/h7-11,14-15H,6,12-13,16-17H2,1-5H3,(H2,24,25,26). The highest BCUT2D eigenvalue weighted by Gasteiger charge is 2.06. The normalized spacial score (nSPS) is 11.4. The van der Waals surface area contributed by atoms with E-state index >= 15 is 0 Å². The summed E-state index contributed by atoms with van der Waals surface area (Å²) in [5.41, 5.74) is 3.43. The predicted octanol–water partition coefficient (Wildman–Crippen LogP) is 3.20. The number of nitrogens with zero attached hydrogens (tertiary/aromatic N) is 2. The zero-order valence-electron chi connectivity index (χ0n) is 18.3. The summed E-state index contributed by atoms with van der Waals surface area (Å²) in [6.45, 7) is 7.58. The summed E-state index contributed by atoms with van der Waals surface area (Å²) < 4.78 is 11.6. The van der Waals surface area contributed by atoms with E-state index in [9.17, 15) is 0 Å². The lowest BCUT2D eigenvalue weighted by Gasteiger charge is -2.15. The molecule has 29 heavy (non-hydrogen) atoms. The second kappa shape index (κ2) is 12.0. The Morgan fingerprint density at radius 1 is 1.03 bits per heavy atom. The van der Waals surface area contributed by atoms with Crippen molar-refractivity contribution in [3.05, 3.63) is 59.2 Å². The molecule has 2 N–H and O–H groups in total. The third-order valence-electron chi connectivity index (χ3n) is 4.36. The molecule has 0 spiro atoms. The predicted molar refractivity (Wildman–Crippen MR) is 120 cm³/mol. The molecule has 0 radical (unpaired) electrons. The Morgan fingerprint density at radius 3 is 2.55 bits per heavy atom. The van der Waals surface area contributed by atoms with Crippen LogP contribution in [0, 0.1) is 6.92 Å². The van der Waals surface area contributed by atoms with Gasteiger partial charge < -0.3 is 25.0 Å². The van der Waals surface area contributed by atoms with E-state index in [-0.39, 0.29) is 0 Å². The molecule has 0 atom stereocenters. The smallest absolute Gasteiger partial charge is 0.191 e. The lowest BCUT2D eigenvalue weighted by molar-refractivity contribution is 0.261. The first kappa shape index (κ1) is 22.6. The minimum Gasteiger partial charge on any atom is -0.494 e. The summed E-state index contributed by atoms with van der Waals surface area (Å²) in [6, 6.07) is 14.4. The first-order valence-electron chi connectivity index (χ1n) is 10.0. The average Bonchev–Trinajstić information content (AvgIpc) is 2.70. The maximum atomic E-state index is 5.81. The van der Waals surface area contributed by atoms with Crippen LogP contribution >= 0.6 is 0 Å². The highest BCUT2D eigenvalue weighted by molar-refractivity contribution is 5.79. The van der Waals surface area contributed by atoms with Gasteiger partial charge in [0.15, 0.2) is 5.96 Å². The van der Waals surface area contributed by atoms with Crippen LogP contribution in [0.1, 0.15) is 23.6 Å². The van der Waals surface area contributed by atoms with Gasteiger partial charge in [0, 0.05) is 32.2 Å². The van der Waals surface area contributed by atoms with Crippen LogP contribution in [0.25, 0.3) is 0 Å². The van der Waals surface area contributed by atoms with Crippen LogP contribution in [0.2, 0.25) is 0 Å². The van der Waals surface area contributed by atoms with E-state index in [4.69, 9.17) is 9.47 Å². The number of guanidine groups is 1. The largest absolute Gasteiger partial charge is 0.494 e. The molecule has 2 aromatic rings. The van der Waals surface area contributed by atoms with Crippen molar-refractivity contribution in [2.24, 2.45) is 4.99 Å². The van der Waals surface area contributed by atoms with Gasteiger partial charge in [-0.25, -0.2) is 0 Å². The minimum absolute atomic E-state index is 0.642. The van der Waals surface area contributed by atoms with Crippen LogP contribution < -0.4 is 20.1 Å². The average molecular weight is 399 g/mol. The van der Waals surface area contributed by atoms with Gasteiger partial charge in [-0.1, -0.05) is 24.3 Å². The third kappa shape index (κ3) is 8.03. The molecule has 6 nitrogen and oxygen atoms in total. The first-order chi connectivity index (χ1) is 14.0. The van der Waals surface area contributed by atoms with Gasteiger partial charge in [0.2, 0.25) is 0 Å². The summed E-state index contributed by atoms with van der Waals surface area (Å²) in [5.74, 6) is 2.54. The molecule has 0 aliphatic heterocycles. The minimum atomic E-state index is 0.642. The fourth-order valence-electron chi connectivity index (χ4n) is 2.77. The van der Waals surface area contributed by atoms with Gasteiger partial charge in [0.25, 0.3) is 0 Å². The number of nitrogens with one attached hydrogen (secondary N) is 2. The fourth-order valence-corrected chi connectivity index (χ4v) is 2.77. The SMILES string of the molecule is CCOc1cc(C)ccc1CNC(=NC)NCc1cccc(OCCN(C)C)c1. The first-order valence-corrected chi connectivity index (χ1v) is 10.0. The molecule has 0 aliphatic carbocycles. The van der Waals surface area contributed by atoms with E-state index in [2.05, 4.69) is 57.8 Å². The molecule has 0 saturated carbocycles. The van der Waals surface area contributed by atoms with E-state index in [1.807, 2.05) is 33.2 Å². The molecular formula is C23H34N4O2. The van der Waals surface area contributed by atoms with Crippen molar-refractivity contribution >= 4 is 5.96 Å². The Morgan fingerprint density at radius 2 is 1.83 bits per heavy atom. The molecule has 0 saturated heterocycles. The van der Waals surface area contributed by atoms with Crippen molar-refractivity contribution in [3.8, 4) is 11.5 Å². The zero-order chi connectivity index (χ0) is 21.1. The molecule has 0 bridgehead atoms. The van der Waals surface area contributed by atoms with Crippen molar-refractivity contribution in [2.75, 3.05) is 40.9 Å². The topological polar surface area (TPSA) is 58.1 Å². The molecule has 0 aromatic heterocycles.